The summed E-state index contributed by atoms with van der Waals surface area (Å²) < 4.78 is 0. The molecular weight excluding hydrogens is 232 g/mol. The van der Waals surface area contributed by atoms with Crippen LogP contribution in [0.1, 0.15) is 25.5 Å². The van der Waals surface area contributed by atoms with Gasteiger partial charge >= 0.3 is 0 Å². The van der Waals surface area contributed by atoms with Gasteiger partial charge in [-0.3, -0.25) is 0 Å². The molecule has 1 heterocycles. The minimum absolute atomic E-state index is 0.917. The molecule has 1 aliphatic carbocycles. The standard InChI is InChI=1S/C17H20N2/c1-4-9-14(2)19(3)17-13-8-12-16(18-17)15-10-6-5-7-11-15/h4,6,8-13H,2,5,7H2,1,3H3/b9-4-. The first-order valence-corrected chi connectivity index (χ1v) is 6.62. The number of pyridine rings is 1. The highest BCUT2D eigenvalue weighted by atomic mass is 15.2. The van der Waals surface area contributed by atoms with E-state index in [1.165, 1.54) is 5.57 Å². The van der Waals surface area contributed by atoms with Gasteiger partial charge in [0.15, 0.2) is 0 Å². The molecule has 19 heavy (non-hydrogen) atoms. The topological polar surface area (TPSA) is 16.1 Å². The van der Waals surface area contributed by atoms with Crippen molar-refractivity contribution in [2.24, 2.45) is 0 Å². The minimum atomic E-state index is 0.917. The highest BCUT2D eigenvalue weighted by Gasteiger charge is 2.07. The molecule has 0 atom stereocenters. The summed E-state index contributed by atoms with van der Waals surface area (Å²) in [6.45, 7) is 6.02. The predicted molar refractivity (Wildman–Crippen MR) is 82.9 cm³/mol. The number of likely N-dealkylation sites (N-methyl/N-ethyl adjacent to an activating group) is 1. The van der Waals surface area contributed by atoms with Crippen LogP contribution in [0.15, 0.2) is 60.9 Å². The van der Waals surface area contributed by atoms with Crippen LogP contribution in [0.4, 0.5) is 5.82 Å². The second-order valence-electron chi connectivity index (χ2n) is 4.57. The summed E-state index contributed by atoms with van der Waals surface area (Å²) in [6.07, 6.45) is 12.8. The summed E-state index contributed by atoms with van der Waals surface area (Å²) in [5.41, 5.74) is 3.16. The maximum absolute atomic E-state index is 4.71. The number of allylic oxidation sites excluding steroid dienone is 6. The Morgan fingerprint density at radius 1 is 1.37 bits per heavy atom. The van der Waals surface area contributed by atoms with E-state index < -0.39 is 0 Å². The molecular formula is C17H20N2. The normalized spacial score (nSPS) is 14.5. The molecule has 0 fully saturated rings. The van der Waals surface area contributed by atoms with Crippen molar-refractivity contribution in [1.29, 1.82) is 0 Å². The SMILES string of the molecule is C=C(/C=C\C)N(C)c1cccc(C2=CCCC=C2)n1. The fraction of sp³-hybridized carbons (Fsp3) is 0.235. The number of nitrogens with zero attached hydrogens (tertiary/aromatic N) is 2. The van der Waals surface area contributed by atoms with Gasteiger partial charge in [-0.25, -0.2) is 4.98 Å². The highest BCUT2D eigenvalue weighted by Crippen LogP contribution is 2.22. The third-order valence-electron chi connectivity index (χ3n) is 3.16. The molecule has 0 saturated carbocycles. The Hall–Kier alpha value is -2.09. The van der Waals surface area contributed by atoms with E-state index in [9.17, 15) is 0 Å². The monoisotopic (exact) mass is 252 g/mol. The van der Waals surface area contributed by atoms with Gasteiger partial charge in [0.2, 0.25) is 0 Å². The maximum atomic E-state index is 4.71. The van der Waals surface area contributed by atoms with Crippen LogP contribution < -0.4 is 4.90 Å². The van der Waals surface area contributed by atoms with Gasteiger partial charge in [0.1, 0.15) is 5.82 Å². The van der Waals surface area contributed by atoms with Gasteiger partial charge in [-0.15, -0.1) is 0 Å². The van der Waals surface area contributed by atoms with E-state index in [1.807, 2.05) is 43.2 Å². The van der Waals surface area contributed by atoms with E-state index in [0.29, 0.717) is 0 Å². The quantitative estimate of drug-likeness (QED) is 0.741. The molecule has 1 aliphatic rings. The first-order valence-electron chi connectivity index (χ1n) is 6.62. The molecule has 2 heteroatoms. The Morgan fingerprint density at radius 2 is 2.21 bits per heavy atom. The van der Waals surface area contributed by atoms with Gasteiger partial charge in [-0.1, -0.05) is 36.9 Å². The van der Waals surface area contributed by atoms with Crippen molar-refractivity contribution in [3.63, 3.8) is 0 Å². The lowest BCUT2D eigenvalue weighted by Crippen LogP contribution is -2.15. The Balaban J connectivity index is 2.26. The Kier molecular flexibility index (Phi) is 4.35. The summed E-state index contributed by atoms with van der Waals surface area (Å²) in [7, 11) is 1.99. The minimum Gasteiger partial charge on any atom is -0.330 e. The number of hydrogen-bond donors (Lipinski definition) is 0. The molecule has 2 rings (SSSR count). The van der Waals surface area contributed by atoms with Crippen molar-refractivity contribution < 1.29 is 0 Å². The van der Waals surface area contributed by atoms with Crippen molar-refractivity contribution in [1.82, 2.24) is 4.98 Å². The fourth-order valence-corrected chi connectivity index (χ4v) is 2.03. The second-order valence-corrected chi connectivity index (χ2v) is 4.57. The van der Waals surface area contributed by atoms with Crippen molar-refractivity contribution in [3.8, 4) is 0 Å². The van der Waals surface area contributed by atoms with Crippen LogP contribution in [0.3, 0.4) is 0 Å². The van der Waals surface area contributed by atoms with Crippen LogP contribution in [0, 0.1) is 0 Å². The number of rotatable bonds is 4. The first-order chi connectivity index (χ1) is 9.22. The number of aromatic nitrogens is 1. The third-order valence-corrected chi connectivity index (χ3v) is 3.16. The van der Waals surface area contributed by atoms with Gasteiger partial charge in [0.05, 0.1) is 5.69 Å². The van der Waals surface area contributed by atoms with E-state index in [4.69, 9.17) is 4.98 Å². The molecule has 0 amide bonds. The smallest absolute Gasteiger partial charge is 0.133 e. The zero-order chi connectivity index (χ0) is 13.7. The van der Waals surface area contributed by atoms with Gasteiger partial charge in [-0.2, -0.15) is 0 Å². The largest absolute Gasteiger partial charge is 0.330 e. The van der Waals surface area contributed by atoms with E-state index in [1.54, 1.807) is 0 Å². The molecule has 1 aromatic rings. The van der Waals surface area contributed by atoms with Gasteiger partial charge in [0, 0.05) is 12.7 Å². The van der Waals surface area contributed by atoms with E-state index >= 15 is 0 Å². The highest BCUT2D eigenvalue weighted by molar-refractivity contribution is 5.73. The third kappa shape index (κ3) is 3.22. The molecule has 0 bridgehead atoms. The van der Waals surface area contributed by atoms with E-state index in [-0.39, 0.29) is 0 Å². The molecule has 0 unspecified atom stereocenters. The zero-order valence-electron chi connectivity index (χ0n) is 11.6. The Morgan fingerprint density at radius 3 is 2.89 bits per heavy atom. The first kappa shape index (κ1) is 13.3. The summed E-state index contributed by atoms with van der Waals surface area (Å²) in [4.78, 5) is 6.71. The Bertz CT molecular complexity index is 550. The van der Waals surface area contributed by atoms with Crippen molar-refractivity contribution in [3.05, 3.63) is 66.5 Å². The van der Waals surface area contributed by atoms with Crippen LogP contribution >= 0.6 is 0 Å². The molecule has 0 aromatic carbocycles. The molecule has 0 radical (unpaired) electrons. The lowest BCUT2D eigenvalue weighted by Gasteiger charge is -2.19. The lowest BCUT2D eigenvalue weighted by molar-refractivity contribution is 1.03. The van der Waals surface area contributed by atoms with Gasteiger partial charge in [-0.05, 0) is 43.5 Å². The number of hydrogen-bond acceptors (Lipinski definition) is 2. The number of anilines is 1. The van der Waals surface area contributed by atoms with Crippen molar-refractivity contribution >= 4 is 11.4 Å². The van der Waals surface area contributed by atoms with Gasteiger partial charge < -0.3 is 4.90 Å². The second kappa shape index (κ2) is 6.19. The summed E-state index contributed by atoms with van der Waals surface area (Å²) >= 11 is 0. The molecule has 98 valence electrons. The van der Waals surface area contributed by atoms with E-state index in [0.717, 1.165) is 30.1 Å². The lowest BCUT2D eigenvalue weighted by atomic mass is 10.0. The summed E-state index contributed by atoms with van der Waals surface area (Å²) in [6, 6.07) is 6.10. The van der Waals surface area contributed by atoms with Crippen molar-refractivity contribution in [2.75, 3.05) is 11.9 Å². The summed E-state index contributed by atoms with van der Waals surface area (Å²) in [5, 5.41) is 0. The zero-order valence-corrected chi connectivity index (χ0v) is 11.6. The van der Waals surface area contributed by atoms with Crippen LogP contribution in [0.2, 0.25) is 0 Å². The van der Waals surface area contributed by atoms with Crippen molar-refractivity contribution in [2.45, 2.75) is 19.8 Å². The van der Waals surface area contributed by atoms with Crippen LogP contribution in [0.25, 0.3) is 5.57 Å². The van der Waals surface area contributed by atoms with Gasteiger partial charge in [0.25, 0.3) is 0 Å². The van der Waals surface area contributed by atoms with Crippen LogP contribution in [0.5, 0.6) is 0 Å². The van der Waals surface area contributed by atoms with E-state index in [2.05, 4.69) is 30.9 Å². The Labute approximate surface area is 115 Å². The molecule has 1 aromatic heterocycles. The van der Waals surface area contributed by atoms with Crippen LogP contribution in [-0.2, 0) is 0 Å². The fourth-order valence-electron chi connectivity index (χ4n) is 2.03. The molecule has 0 aliphatic heterocycles. The average molecular weight is 252 g/mol. The summed E-state index contributed by atoms with van der Waals surface area (Å²) in [5.74, 6) is 0.917. The molecule has 0 saturated heterocycles. The predicted octanol–water partition coefficient (Wildman–Crippen LogP) is 4.34. The average Bonchev–Trinajstić information content (AvgIpc) is 2.48. The molecule has 2 nitrogen and oxygen atoms in total. The molecule has 0 spiro atoms. The maximum Gasteiger partial charge on any atom is 0.133 e. The van der Waals surface area contributed by atoms with Crippen LogP contribution in [-0.4, -0.2) is 12.0 Å². The molecule has 0 N–H and O–H groups in total.